The molecule has 1 aliphatic rings. The molecule has 2 N–H and O–H groups in total. The van der Waals surface area contributed by atoms with E-state index in [0.29, 0.717) is 0 Å². The molecule has 154 valence electrons. The molecule has 5 rings (SSSR count). The Morgan fingerprint density at radius 3 is 2.45 bits per heavy atom. The van der Waals surface area contributed by atoms with Gasteiger partial charge in [0, 0.05) is 10.6 Å². The molecule has 29 heavy (non-hydrogen) atoms. The van der Waals surface area contributed by atoms with Gasteiger partial charge in [-0.05, 0) is 55.7 Å². The number of piperidine rings is 1. The molecule has 2 aromatic heterocycles. The van der Waals surface area contributed by atoms with Crippen LogP contribution in [-0.4, -0.2) is 29.0 Å². The maximum atomic E-state index is 6.05. The normalized spacial score (nSPS) is 14.7. The van der Waals surface area contributed by atoms with Gasteiger partial charge in [0.05, 0.1) is 13.1 Å². The highest BCUT2D eigenvalue weighted by atomic mass is 35.5. The highest BCUT2D eigenvalue weighted by Crippen LogP contribution is 2.23. The Morgan fingerprint density at radius 1 is 0.966 bits per heavy atom. The number of imidazole rings is 2. The molecular weight excluding hydrogens is 427 g/mol. The molecule has 0 bridgehead atoms. The monoisotopic (exact) mass is 450 g/mol. The average molecular weight is 452 g/mol. The first-order chi connectivity index (χ1) is 13.3. The molecule has 0 aliphatic carbocycles. The molecule has 0 unspecified atom stereocenters. The van der Waals surface area contributed by atoms with Gasteiger partial charge in [-0.1, -0.05) is 23.7 Å². The van der Waals surface area contributed by atoms with Gasteiger partial charge < -0.3 is 29.7 Å². The van der Waals surface area contributed by atoms with Gasteiger partial charge in [0.2, 0.25) is 0 Å². The molecule has 0 radical (unpaired) electrons. The van der Waals surface area contributed by atoms with Gasteiger partial charge in [-0.2, -0.15) is 4.40 Å². The minimum Gasteiger partial charge on any atom is -1.00 e. The standard InChI is InChI=1S/C22H23ClN4.2ClH/c23-18-10-8-17(9-11-18)19-16-27-21-7-3-2-6-20(21)26(22(27)24-19)15-14-25-12-4-1-5-13-25;;/h2-3,6-11,16H,1,4-5,12-15H2;2*1H. The third-order valence-corrected chi connectivity index (χ3v) is 6.08. The summed E-state index contributed by atoms with van der Waals surface area (Å²) in [6.45, 7) is 4.85. The molecule has 1 aliphatic heterocycles. The second kappa shape index (κ2) is 9.40. The topological polar surface area (TPSA) is 28.5 Å². The van der Waals surface area contributed by atoms with Crippen LogP contribution in [0.25, 0.3) is 28.1 Å². The van der Waals surface area contributed by atoms with Crippen molar-refractivity contribution in [1.29, 1.82) is 0 Å². The van der Waals surface area contributed by atoms with E-state index in [0.717, 1.165) is 28.6 Å². The van der Waals surface area contributed by atoms with Crippen LogP contribution in [0.15, 0.2) is 54.7 Å². The Kier molecular flexibility index (Phi) is 7.12. The summed E-state index contributed by atoms with van der Waals surface area (Å²) in [6.07, 6.45) is 6.34. The maximum absolute atomic E-state index is 6.05. The quantitative estimate of drug-likeness (QED) is 0.312. The number of fused-ring (bicyclic) bond motifs is 3. The van der Waals surface area contributed by atoms with Gasteiger partial charge in [0.1, 0.15) is 36.0 Å². The molecule has 1 saturated heterocycles. The summed E-state index contributed by atoms with van der Waals surface area (Å²) >= 11 is 6.05. The largest absolute Gasteiger partial charge is 1.00 e. The molecule has 3 heterocycles. The van der Waals surface area contributed by atoms with E-state index in [9.17, 15) is 0 Å². The van der Waals surface area contributed by atoms with Gasteiger partial charge in [-0.25, -0.2) is 9.55 Å². The van der Waals surface area contributed by atoms with Crippen molar-refractivity contribution in [3.8, 4) is 11.3 Å². The number of hydrogen-bond acceptors (Lipinski definition) is 0. The van der Waals surface area contributed by atoms with E-state index in [1.807, 2.05) is 12.1 Å². The number of halogens is 3. The Morgan fingerprint density at radius 2 is 1.69 bits per heavy atom. The van der Waals surface area contributed by atoms with Gasteiger partial charge in [0.25, 0.3) is 0 Å². The second-order valence-corrected chi connectivity index (χ2v) is 8.01. The maximum Gasteiger partial charge on any atom is 0.368 e. The number of rotatable bonds is 4. The lowest BCUT2D eigenvalue weighted by Crippen LogP contribution is -3.13. The van der Waals surface area contributed by atoms with Gasteiger partial charge >= 0.3 is 5.78 Å². The lowest BCUT2D eigenvalue weighted by atomic mass is 10.1. The van der Waals surface area contributed by atoms with Crippen LogP contribution >= 0.6 is 11.6 Å². The van der Waals surface area contributed by atoms with Crippen molar-refractivity contribution < 1.29 is 34.3 Å². The molecule has 0 atom stereocenters. The number of aromatic amines is 1. The zero-order valence-electron chi connectivity index (χ0n) is 16.2. The summed E-state index contributed by atoms with van der Waals surface area (Å²) in [5.74, 6) is 1.15. The summed E-state index contributed by atoms with van der Waals surface area (Å²) in [5, 5.41) is 0.766. The smallest absolute Gasteiger partial charge is 0.368 e. The molecule has 4 aromatic rings. The van der Waals surface area contributed by atoms with Crippen molar-refractivity contribution in [2.45, 2.75) is 25.8 Å². The Balaban J connectivity index is 0.00000120. The summed E-state index contributed by atoms with van der Waals surface area (Å²) in [6, 6.07) is 16.7. The number of nitrogens with one attached hydrogen (secondary N) is 2. The molecule has 7 heteroatoms. The van der Waals surface area contributed by atoms with Crippen LogP contribution in [0.1, 0.15) is 19.3 Å². The number of hydrogen-bond donors (Lipinski definition) is 2. The number of H-pyrrole nitrogens is 1. The minimum absolute atomic E-state index is 0. The fourth-order valence-corrected chi connectivity index (χ4v) is 4.49. The molecule has 0 spiro atoms. The van der Waals surface area contributed by atoms with Crippen LogP contribution in [0.5, 0.6) is 0 Å². The molecule has 2 aromatic carbocycles. The lowest BCUT2D eigenvalue weighted by Gasteiger charge is -2.22. The second-order valence-electron chi connectivity index (χ2n) is 7.57. The number of aromatic nitrogens is 3. The van der Waals surface area contributed by atoms with E-state index in [2.05, 4.69) is 56.5 Å². The Bertz CT molecular complexity index is 1080. The van der Waals surface area contributed by atoms with Crippen LogP contribution in [0.3, 0.4) is 0 Å². The van der Waals surface area contributed by atoms with Gasteiger partial charge in [-0.3, -0.25) is 0 Å². The van der Waals surface area contributed by atoms with Crippen LogP contribution in [-0.2, 0) is 6.54 Å². The van der Waals surface area contributed by atoms with Crippen molar-refractivity contribution in [2.75, 3.05) is 19.6 Å². The number of quaternary nitrogens is 1. The third-order valence-electron chi connectivity index (χ3n) is 5.83. The van der Waals surface area contributed by atoms with Crippen molar-refractivity contribution in [3.05, 3.63) is 59.8 Å². The number of para-hydroxylation sites is 2. The first kappa shape index (κ1) is 22.0. The highest BCUT2D eigenvalue weighted by molar-refractivity contribution is 6.30. The van der Waals surface area contributed by atoms with E-state index >= 15 is 0 Å². The minimum atomic E-state index is 0. The van der Waals surface area contributed by atoms with Crippen LogP contribution in [0, 0.1) is 0 Å². The SMILES string of the molecule is Clc1ccc(-c2cn3c4ccccc4[n+](CC[NH+]4CCCCC4)c3[nH]2)cc1.[Cl-].[Cl-]. The van der Waals surface area contributed by atoms with Crippen LogP contribution in [0.2, 0.25) is 5.02 Å². The number of nitrogens with zero attached hydrogens (tertiary/aromatic N) is 2. The average Bonchev–Trinajstić information content (AvgIpc) is 3.26. The van der Waals surface area contributed by atoms with E-state index in [-0.39, 0.29) is 24.8 Å². The van der Waals surface area contributed by atoms with Gasteiger partial charge in [-0.15, -0.1) is 0 Å². The van der Waals surface area contributed by atoms with Crippen LogP contribution < -0.4 is 34.3 Å². The fourth-order valence-electron chi connectivity index (χ4n) is 4.37. The van der Waals surface area contributed by atoms with E-state index in [1.54, 1.807) is 4.90 Å². The molecule has 0 amide bonds. The van der Waals surface area contributed by atoms with E-state index < -0.39 is 0 Å². The Labute approximate surface area is 188 Å². The zero-order valence-corrected chi connectivity index (χ0v) is 18.4. The first-order valence-electron chi connectivity index (χ1n) is 9.91. The number of benzene rings is 2. The summed E-state index contributed by atoms with van der Waals surface area (Å²) < 4.78 is 4.72. The summed E-state index contributed by atoms with van der Waals surface area (Å²) in [4.78, 5) is 5.39. The predicted molar refractivity (Wildman–Crippen MR) is 109 cm³/mol. The van der Waals surface area contributed by atoms with Gasteiger partial charge in [0.15, 0.2) is 0 Å². The zero-order chi connectivity index (χ0) is 18.2. The molecule has 4 nitrogen and oxygen atoms in total. The van der Waals surface area contributed by atoms with Crippen molar-refractivity contribution in [2.24, 2.45) is 0 Å². The molecular formula is C22H25Cl3N4. The fraction of sp³-hybridized carbons (Fsp3) is 0.318. The summed E-state index contributed by atoms with van der Waals surface area (Å²) in [7, 11) is 0. The van der Waals surface area contributed by atoms with E-state index in [4.69, 9.17) is 11.6 Å². The number of likely N-dealkylation sites (tertiary alicyclic amines) is 1. The third kappa shape index (κ3) is 4.26. The summed E-state index contributed by atoms with van der Waals surface area (Å²) in [5.41, 5.74) is 4.81. The molecule has 0 saturated carbocycles. The van der Waals surface area contributed by atoms with Crippen molar-refractivity contribution in [3.63, 3.8) is 0 Å². The highest BCUT2D eigenvalue weighted by Gasteiger charge is 2.23. The Hall–Kier alpha value is -1.72. The van der Waals surface area contributed by atoms with E-state index in [1.165, 1.54) is 49.9 Å². The lowest BCUT2D eigenvalue weighted by molar-refractivity contribution is -0.920. The van der Waals surface area contributed by atoms with Crippen molar-refractivity contribution in [1.82, 2.24) is 9.38 Å². The van der Waals surface area contributed by atoms with Crippen molar-refractivity contribution >= 4 is 28.4 Å². The molecule has 1 fully saturated rings. The predicted octanol–water partition coefficient (Wildman–Crippen LogP) is -2.89. The van der Waals surface area contributed by atoms with Crippen LogP contribution in [0.4, 0.5) is 0 Å². The first-order valence-corrected chi connectivity index (χ1v) is 10.3.